The molecule has 0 fully saturated rings. The summed E-state index contributed by atoms with van der Waals surface area (Å²) in [7, 11) is 1.50. The van der Waals surface area contributed by atoms with Crippen LogP contribution in [0.1, 0.15) is 25.7 Å². The largest absolute Gasteiger partial charge is 0.389 e. The first-order valence-corrected chi connectivity index (χ1v) is 5.46. The molecule has 102 valence electrons. The van der Waals surface area contributed by atoms with E-state index in [1.807, 2.05) is 0 Å². The quantitative estimate of drug-likeness (QED) is 0.641. The van der Waals surface area contributed by atoms with E-state index < -0.39 is 18.6 Å². The number of hydrogen-bond acceptors (Lipinski definition) is 3. The molecule has 0 heterocycles. The molecule has 0 aliphatic rings. The van der Waals surface area contributed by atoms with Gasteiger partial charge in [0, 0.05) is 26.7 Å². The van der Waals surface area contributed by atoms with Crippen LogP contribution in [-0.2, 0) is 9.53 Å². The first kappa shape index (κ1) is 16.2. The van der Waals surface area contributed by atoms with Crippen molar-refractivity contribution < 1.29 is 22.7 Å². The van der Waals surface area contributed by atoms with Crippen LogP contribution in [0.4, 0.5) is 13.2 Å². The first-order valence-electron chi connectivity index (χ1n) is 5.46. The number of alkyl halides is 3. The molecule has 17 heavy (non-hydrogen) atoms. The molecule has 0 aromatic rings. The van der Waals surface area contributed by atoms with E-state index in [1.165, 1.54) is 7.11 Å². The van der Waals surface area contributed by atoms with E-state index in [1.54, 1.807) is 0 Å². The van der Waals surface area contributed by atoms with E-state index in [9.17, 15) is 18.0 Å². The zero-order chi connectivity index (χ0) is 13.3. The minimum atomic E-state index is -4.13. The molecule has 3 N–H and O–H groups in total. The molecular weight excluding hydrogens is 237 g/mol. The van der Waals surface area contributed by atoms with Crippen molar-refractivity contribution >= 4 is 5.91 Å². The summed E-state index contributed by atoms with van der Waals surface area (Å²) in [5.41, 5.74) is 5.52. The number of hydrogen-bond donors (Lipinski definition) is 2. The van der Waals surface area contributed by atoms with Gasteiger partial charge in [-0.1, -0.05) is 0 Å². The van der Waals surface area contributed by atoms with Crippen LogP contribution < -0.4 is 11.1 Å². The minimum absolute atomic E-state index is 0.0110. The maximum atomic E-state index is 11.8. The van der Waals surface area contributed by atoms with Gasteiger partial charge in [0.1, 0.15) is 0 Å². The Morgan fingerprint density at radius 3 is 2.59 bits per heavy atom. The third-order valence-electron chi connectivity index (χ3n) is 2.16. The molecule has 0 aliphatic heterocycles. The molecule has 1 amide bonds. The van der Waals surface area contributed by atoms with Crippen LogP contribution >= 0.6 is 0 Å². The Labute approximate surface area is 98.7 Å². The summed E-state index contributed by atoms with van der Waals surface area (Å²) in [5, 5.41) is 2.49. The number of nitrogens with one attached hydrogen (secondary N) is 1. The summed E-state index contributed by atoms with van der Waals surface area (Å²) in [4.78, 5) is 11.3. The van der Waals surface area contributed by atoms with Crippen molar-refractivity contribution in [1.29, 1.82) is 0 Å². The van der Waals surface area contributed by atoms with E-state index in [2.05, 4.69) is 5.32 Å². The van der Waals surface area contributed by atoms with Gasteiger partial charge in [-0.15, -0.1) is 0 Å². The highest BCUT2D eigenvalue weighted by molar-refractivity contribution is 5.81. The fourth-order valence-corrected chi connectivity index (χ4v) is 1.17. The number of amides is 1. The van der Waals surface area contributed by atoms with Crippen molar-refractivity contribution in [2.75, 3.05) is 20.3 Å². The van der Waals surface area contributed by atoms with Gasteiger partial charge in [-0.2, -0.15) is 13.2 Å². The van der Waals surface area contributed by atoms with E-state index in [0.29, 0.717) is 19.4 Å². The van der Waals surface area contributed by atoms with E-state index in [4.69, 9.17) is 10.5 Å². The highest BCUT2D eigenvalue weighted by Gasteiger charge is 2.25. The normalized spacial score (nSPS) is 13.5. The van der Waals surface area contributed by atoms with Gasteiger partial charge in [-0.25, -0.2) is 0 Å². The third kappa shape index (κ3) is 10.1. The van der Waals surface area contributed by atoms with Gasteiger partial charge in [-0.05, 0) is 19.3 Å². The molecule has 4 nitrogen and oxygen atoms in total. The van der Waals surface area contributed by atoms with Gasteiger partial charge >= 0.3 is 6.18 Å². The summed E-state index contributed by atoms with van der Waals surface area (Å²) in [6.07, 6.45) is -4.25. The van der Waals surface area contributed by atoms with Gasteiger partial charge in [0.25, 0.3) is 0 Å². The lowest BCUT2D eigenvalue weighted by molar-refractivity contribution is -0.135. The van der Waals surface area contributed by atoms with Crippen LogP contribution in [0.25, 0.3) is 0 Å². The van der Waals surface area contributed by atoms with Gasteiger partial charge in [0.15, 0.2) is 0 Å². The van der Waals surface area contributed by atoms with Crippen LogP contribution in [0.2, 0.25) is 0 Å². The molecule has 0 spiro atoms. The Bertz CT molecular complexity index is 222. The Morgan fingerprint density at radius 2 is 2.06 bits per heavy atom. The SMILES string of the molecule is COCCC(N)C(=O)NCCCCC(F)(F)F. The zero-order valence-corrected chi connectivity index (χ0v) is 9.85. The van der Waals surface area contributed by atoms with Crippen molar-refractivity contribution in [3.63, 3.8) is 0 Å². The van der Waals surface area contributed by atoms with Crippen LogP contribution in [0.15, 0.2) is 0 Å². The van der Waals surface area contributed by atoms with Gasteiger partial charge in [0.2, 0.25) is 5.91 Å². The summed E-state index contributed by atoms with van der Waals surface area (Å²) in [5.74, 6) is -0.353. The Balaban J connectivity index is 3.51. The lowest BCUT2D eigenvalue weighted by atomic mass is 10.2. The zero-order valence-electron chi connectivity index (χ0n) is 9.85. The molecular formula is C10H19F3N2O2. The molecule has 7 heteroatoms. The predicted octanol–water partition coefficient (Wildman–Crippen LogP) is 1.20. The average molecular weight is 256 g/mol. The summed E-state index contributed by atoms with van der Waals surface area (Å²) in [6.45, 7) is 0.595. The topological polar surface area (TPSA) is 64.3 Å². The second-order valence-corrected chi connectivity index (χ2v) is 3.75. The fourth-order valence-electron chi connectivity index (χ4n) is 1.17. The Hall–Kier alpha value is -0.820. The second-order valence-electron chi connectivity index (χ2n) is 3.75. The fraction of sp³-hybridized carbons (Fsp3) is 0.900. The first-order chi connectivity index (χ1) is 7.87. The number of ether oxygens (including phenoxy) is 1. The molecule has 0 radical (unpaired) electrons. The molecule has 1 atom stereocenters. The number of halogens is 3. The molecule has 0 rings (SSSR count). The maximum Gasteiger partial charge on any atom is 0.389 e. The number of nitrogens with two attached hydrogens (primary N) is 1. The maximum absolute atomic E-state index is 11.8. The van der Waals surface area contributed by atoms with Gasteiger partial charge in [-0.3, -0.25) is 4.79 Å². The predicted molar refractivity (Wildman–Crippen MR) is 57.4 cm³/mol. The Kier molecular flexibility index (Phi) is 7.90. The summed E-state index contributed by atoms with van der Waals surface area (Å²) in [6, 6.07) is -0.669. The standard InChI is InChI=1S/C10H19F3N2O2/c1-17-7-4-8(14)9(16)15-6-3-2-5-10(11,12)13/h8H,2-7,14H2,1H3,(H,15,16). The summed E-state index contributed by atoms with van der Waals surface area (Å²) < 4.78 is 40.1. The van der Waals surface area contributed by atoms with Crippen LogP contribution in [-0.4, -0.2) is 38.4 Å². The minimum Gasteiger partial charge on any atom is -0.385 e. The van der Waals surface area contributed by atoms with E-state index in [-0.39, 0.29) is 18.9 Å². The van der Waals surface area contributed by atoms with Crippen molar-refractivity contribution in [1.82, 2.24) is 5.32 Å². The monoisotopic (exact) mass is 256 g/mol. The lowest BCUT2D eigenvalue weighted by Gasteiger charge is -2.11. The molecule has 1 unspecified atom stereocenters. The van der Waals surface area contributed by atoms with Crippen molar-refractivity contribution in [2.45, 2.75) is 37.9 Å². The highest BCUT2D eigenvalue weighted by atomic mass is 19.4. The number of carbonyl (C=O) groups is 1. The Morgan fingerprint density at radius 1 is 1.41 bits per heavy atom. The molecule has 0 aromatic heterocycles. The van der Waals surface area contributed by atoms with Crippen molar-refractivity contribution in [3.05, 3.63) is 0 Å². The highest BCUT2D eigenvalue weighted by Crippen LogP contribution is 2.21. The van der Waals surface area contributed by atoms with Crippen LogP contribution in [0, 0.1) is 0 Å². The number of methoxy groups -OCH3 is 1. The number of unbranched alkanes of at least 4 members (excludes halogenated alkanes) is 1. The van der Waals surface area contributed by atoms with Gasteiger partial charge in [0.05, 0.1) is 6.04 Å². The summed E-state index contributed by atoms with van der Waals surface area (Å²) >= 11 is 0. The van der Waals surface area contributed by atoms with Crippen LogP contribution in [0.3, 0.4) is 0 Å². The van der Waals surface area contributed by atoms with E-state index in [0.717, 1.165) is 0 Å². The molecule has 0 saturated heterocycles. The van der Waals surface area contributed by atoms with Gasteiger partial charge < -0.3 is 15.8 Å². The molecule has 0 saturated carbocycles. The third-order valence-corrected chi connectivity index (χ3v) is 2.16. The molecule has 0 aromatic carbocycles. The van der Waals surface area contributed by atoms with Crippen LogP contribution in [0.5, 0.6) is 0 Å². The number of carbonyl (C=O) groups excluding carboxylic acids is 1. The smallest absolute Gasteiger partial charge is 0.385 e. The molecule has 0 bridgehead atoms. The number of rotatable bonds is 8. The molecule has 0 aliphatic carbocycles. The van der Waals surface area contributed by atoms with Crippen molar-refractivity contribution in [3.8, 4) is 0 Å². The lowest BCUT2D eigenvalue weighted by Crippen LogP contribution is -2.41. The van der Waals surface area contributed by atoms with Crippen molar-refractivity contribution in [2.24, 2.45) is 5.73 Å². The average Bonchev–Trinajstić information content (AvgIpc) is 2.23. The van der Waals surface area contributed by atoms with E-state index >= 15 is 0 Å². The second kappa shape index (κ2) is 8.30.